The maximum atomic E-state index is 13.5. The average Bonchev–Trinajstić information content (AvgIpc) is 2.99. The first-order chi connectivity index (χ1) is 19.7. The van der Waals surface area contributed by atoms with E-state index in [-0.39, 0.29) is 11.1 Å². The second-order valence-electron chi connectivity index (χ2n) is 10.6. The van der Waals surface area contributed by atoms with Gasteiger partial charge in [-0.3, -0.25) is 0 Å². The van der Waals surface area contributed by atoms with Crippen molar-refractivity contribution < 1.29 is 39.5 Å². The van der Waals surface area contributed by atoms with Crippen molar-refractivity contribution in [1.29, 1.82) is 0 Å². The summed E-state index contributed by atoms with van der Waals surface area (Å²) >= 11 is 0. The zero-order valence-electron chi connectivity index (χ0n) is 22.3. The number of hydrogen-bond donors (Lipinski definition) is 4. The van der Waals surface area contributed by atoms with Gasteiger partial charge in [-0.1, -0.05) is 48.5 Å². The molecule has 0 radical (unpaired) electrons. The lowest BCUT2D eigenvalue weighted by molar-refractivity contribution is -0.223. The molecule has 0 spiro atoms. The molecule has 1 fully saturated rings. The summed E-state index contributed by atoms with van der Waals surface area (Å²) in [7, 11) is 3.69. The van der Waals surface area contributed by atoms with E-state index in [2.05, 4.69) is 0 Å². The van der Waals surface area contributed by atoms with Gasteiger partial charge in [0, 0.05) is 19.8 Å². The van der Waals surface area contributed by atoms with E-state index in [0.29, 0.717) is 5.39 Å². The highest BCUT2D eigenvalue weighted by Crippen LogP contribution is 2.37. The molecular weight excluding hydrogens is 526 g/mol. The molecule has 1 aliphatic carbocycles. The maximum absolute atomic E-state index is 13.5. The molecule has 0 unspecified atom stereocenters. The Labute approximate surface area is 235 Å². The molecule has 6 rings (SSSR count). The minimum absolute atomic E-state index is 0.151. The first-order valence-corrected chi connectivity index (χ1v) is 13.2. The molecule has 0 heterocycles. The van der Waals surface area contributed by atoms with Crippen molar-refractivity contribution in [2.24, 2.45) is 0 Å². The molecule has 0 saturated heterocycles. The molecule has 1 aliphatic rings. The van der Waals surface area contributed by atoms with Gasteiger partial charge in [-0.25, -0.2) is 9.59 Å². The number of carbonyl (C=O) groups excluding carboxylic acids is 2. The number of carbonyl (C=O) groups is 2. The molecule has 4 N–H and O–H groups in total. The number of nitrogens with zero attached hydrogens (tertiary/aromatic N) is 1. The molecule has 6 atom stereocenters. The Morgan fingerprint density at radius 2 is 1.15 bits per heavy atom. The zero-order valence-corrected chi connectivity index (χ0v) is 22.3. The summed E-state index contributed by atoms with van der Waals surface area (Å²) in [5.74, 6) is -1.71. The van der Waals surface area contributed by atoms with Gasteiger partial charge in [0.15, 0.2) is 12.2 Å². The highest BCUT2D eigenvalue weighted by atomic mass is 16.6. The topological polar surface area (TPSA) is 137 Å². The standard InChI is InChI=1S/C32H29NO8/c1-33(2)20-12-8-19(9-13-20)31(38)40-29-26(35)25(34)27(36)30(28(29)37)41-32(39)22-15-11-18-7-6-16-4-3-5-17-10-14-21(22)24(18)23(16)17/h3-15,25-30,34-37H,1-2H3/t25-,26+,27-,28+,29-,30+/m0/s1. The minimum atomic E-state index is -1.86. The molecule has 41 heavy (non-hydrogen) atoms. The van der Waals surface area contributed by atoms with Gasteiger partial charge in [-0.05, 0) is 62.6 Å². The van der Waals surface area contributed by atoms with Crippen LogP contribution in [0.1, 0.15) is 20.7 Å². The molecule has 0 aliphatic heterocycles. The van der Waals surface area contributed by atoms with E-state index in [0.717, 1.165) is 32.6 Å². The molecule has 0 bridgehead atoms. The van der Waals surface area contributed by atoms with E-state index >= 15 is 0 Å². The Kier molecular flexibility index (Phi) is 6.75. The third-order valence-corrected chi connectivity index (χ3v) is 7.90. The van der Waals surface area contributed by atoms with Gasteiger partial charge in [0.2, 0.25) is 0 Å². The summed E-state index contributed by atoms with van der Waals surface area (Å²) in [5.41, 5.74) is 1.19. The number of rotatable bonds is 5. The van der Waals surface area contributed by atoms with Gasteiger partial charge >= 0.3 is 11.9 Å². The van der Waals surface area contributed by atoms with Crippen molar-refractivity contribution in [3.8, 4) is 0 Å². The third-order valence-electron chi connectivity index (χ3n) is 7.90. The van der Waals surface area contributed by atoms with Crippen LogP contribution in [0, 0.1) is 0 Å². The van der Waals surface area contributed by atoms with Crippen LogP contribution >= 0.6 is 0 Å². The lowest BCUT2D eigenvalue weighted by Gasteiger charge is -2.42. The largest absolute Gasteiger partial charge is 0.453 e. The van der Waals surface area contributed by atoms with E-state index < -0.39 is 48.6 Å². The number of aliphatic hydroxyl groups is 4. The van der Waals surface area contributed by atoms with E-state index in [9.17, 15) is 30.0 Å². The van der Waals surface area contributed by atoms with Crippen LogP contribution in [-0.4, -0.2) is 83.1 Å². The van der Waals surface area contributed by atoms with E-state index in [1.807, 2.05) is 61.5 Å². The van der Waals surface area contributed by atoms with Crippen molar-refractivity contribution >= 4 is 49.9 Å². The van der Waals surface area contributed by atoms with Crippen LogP contribution in [0.4, 0.5) is 5.69 Å². The summed E-state index contributed by atoms with van der Waals surface area (Å²) in [4.78, 5) is 28.2. The quantitative estimate of drug-likeness (QED) is 0.191. The van der Waals surface area contributed by atoms with Crippen LogP contribution in [0.5, 0.6) is 0 Å². The molecule has 1 saturated carbocycles. The molecule has 0 aromatic heterocycles. The third kappa shape index (κ3) is 4.53. The van der Waals surface area contributed by atoms with Crippen LogP contribution in [-0.2, 0) is 9.47 Å². The summed E-state index contributed by atoms with van der Waals surface area (Å²) in [6, 6.07) is 23.5. The molecule has 210 valence electrons. The fourth-order valence-electron chi connectivity index (χ4n) is 5.65. The molecule has 5 aromatic rings. The second-order valence-corrected chi connectivity index (χ2v) is 10.6. The van der Waals surface area contributed by atoms with E-state index in [1.54, 1.807) is 24.3 Å². The summed E-state index contributed by atoms with van der Waals surface area (Å²) in [6.07, 6.45) is -10.7. The number of hydrogen-bond acceptors (Lipinski definition) is 9. The Hall–Kier alpha value is -4.28. The summed E-state index contributed by atoms with van der Waals surface area (Å²) in [6.45, 7) is 0. The molecule has 9 nitrogen and oxygen atoms in total. The van der Waals surface area contributed by atoms with Crippen molar-refractivity contribution in [2.75, 3.05) is 19.0 Å². The van der Waals surface area contributed by atoms with E-state index in [4.69, 9.17) is 9.47 Å². The lowest BCUT2D eigenvalue weighted by atomic mass is 9.84. The first kappa shape index (κ1) is 26.9. The van der Waals surface area contributed by atoms with E-state index in [1.165, 1.54) is 12.1 Å². The van der Waals surface area contributed by atoms with Crippen molar-refractivity contribution in [2.45, 2.75) is 36.6 Å². The van der Waals surface area contributed by atoms with Crippen LogP contribution in [0.25, 0.3) is 32.3 Å². The fourth-order valence-corrected chi connectivity index (χ4v) is 5.65. The average molecular weight is 556 g/mol. The first-order valence-electron chi connectivity index (χ1n) is 13.2. The number of esters is 2. The monoisotopic (exact) mass is 555 g/mol. The zero-order chi connectivity index (χ0) is 29.0. The van der Waals surface area contributed by atoms with Crippen LogP contribution < -0.4 is 4.90 Å². The second kappa shape index (κ2) is 10.3. The Morgan fingerprint density at radius 3 is 1.76 bits per heavy atom. The van der Waals surface area contributed by atoms with Crippen molar-refractivity contribution in [3.63, 3.8) is 0 Å². The number of ether oxygens (including phenoxy) is 2. The molecule has 9 heteroatoms. The summed E-state index contributed by atoms with van der Waals surface area (Å²) < 4.78 is 10.9. The van der Waals surface area contributed by atoms with Gasteiger partial charge in [-0.2, -0.15) is 0 Å². The highest BCUT2D eigenvalue weighted by Gasteiger charge is 2.52. The van der Waals surface area contributed by atoms with Gasteiger partial charge in [-0.15, -0.1) is 0 Å². The fraction of sp³-hybridized carbons (Fsp3) is 0.250. The van der Waals surface area contributed by atoms with Gasteiger partial charge < -0.3 is 34.8 Å². The Bertz CT molecular complexity index is 1730. The smallest absolute Gasteiger partial charge is 0.339 e. The molecule has 5 aromatic carbocycles. The number of aliphatic hydroxyl groups excluding tert-OH is 4. The lowest BCUT2D eigenvalue weighted by Crippen LogP contribution is -2.65. The number of anilines is 1. The van der Waals surface area contributed by atoms with Crippen LogP contribution in [0.15, 0.2) is 78.9 Å². The highest BCUT2D eigenvalue weighted by molar-refractivity contribution is 6.26. The number of benzene rings is 5. The van der Waals surface area contributed by atoms with Gasteiger partial charge in [0.25, 0.3) is 0 Å². The van der Waals surface area contributed by atoms with Crippen molar-refractivity contribution in [1.82, 2.24) is 0 Å². The Balaban J connectivity index is 1.28. The van der Waals surface area contributed by atoms with Gasteiger partial charge in [0.05, 0.1) is 11.1 Å². The molecular formula is C32H29NO8. The maximum Gasteiger partial charge on any atom is 0.339 e. The summed E-state index contributed by atoms with van der Waals surface area (Å²) in [5, 5.41) is 48.3. The van der Waals surface area contributed by atoms with Crippen molar-refractivity contribution in [3.05, 3.63) is 90.0 Å². The van der Waals surface area contributed by atoms with Crippen LogP contribution in [0.3, 0.4) is 0 Å². The molecule has 0 amide bonds. The normalized spacial score (nSPS) is 24.5. The predicted molar refractivity (Wildman–Crippen MR) is 153 cm³/mol. The predicted octanol–water partition coefficient (Wildman–Crippen LogP) is 2.86. The minimum Gasteiger partial charge on any atom is -0.453 e. The van der Waals surface area contributed by atoms with Gasteiger partial charge in [0.1, 0.15) is 24.4 Å². The van der Waals surface area contributed by atoms with Crippen LogP contribution in [0.2, 0.25) is 0 Å². The SMILES string of the molecule is CN(C)c1ccc(C(=O)O[C@@H]2[C@@H](O)[C@H](OC(=O)c3ccc4ccc5cccc6ccc3c4c56)[C@@H](O)[C@@H](O)[C@H]2O)cc1. The Morgan fingerprint density at radius 1 is 0.610 bits per heavy atom.